The number of β-amino-alcohol motifs (C(OH)–C–C–N with tert-alkyl or cyclic N) is 2. The van der Waals surface area contributed by atoms with E-state index in [1.165, 1.54) is 0 Å². The molecule has 0 radical (unpaired) electrons. The molecule has 2 fully saturated rings. The Morgan fingerprint density at radius 3 is 1.47 bits per heavy atom. The second-order valence-corrected chi connectivity index (χ2v) is 10.0. The summed E-state index contributed by atoms with van der Waals surface area (Å²) in [4.78, 5) is 31.5. The molecule has 2 atom stereocenters. The van der Waals surface area contributed by atoms with Crippen LogP contribution in [0, 0.1) is 0 Å². The number of rotatable bonds is 10. The Kier molecular flexibility index (Phi) is 8.68. The summed E-state index contributed by atoms with van der Waals surface area (Å²) >= 11 is 0. The molecule has 2 aromatic carbocycles. The SMILES string of the molecule is O=C1c2ccccc2C(=O)c2c(NCC(O)CN3CCOCC3)ccc(NCC(O)CN3CCOCC3)c21. The maximum atomic E-state index is 13.6. The first-order chi connectivity index (χ1) is 18.5. The van der Waals surface area contributed by atoms with E-state index in [0.29, 0.717) is 73.1 Å². The first-order valence-corrected chi connectivity index (χ1v) is 13.3. The summed E-state index contributed by atoms with van der Waals surface area (Å²) in [7, 11) is 0. The highest BCUT2D eigenvalue weighted by Gasteiger charge is 2.34. The lowest BCUT2D eigenvalue weighted by atomic mass is 9.82. The average Bonchev–Trinajstić information content (AvgIpc) is 2.94. The van der Waals surface area contributed by atoms with Gasteiger partial charge in [0.15, 0.2) is 11.6 Å². The lowest BCUT2D eigenvalue weighted by molar-refractivity contribution is 0.0169. The van der Waals surface area contributed by atoms with Gasteiger partial charge in [-0.2, -0.15) is 0 Å². The number of morpholine rings is 2. The highest BCUT2D eigenvalue weighted by atomic mass is 16.5. The van der Waals surface area contributed by atoms with Gasteiger partial charge in [-0.25, -0.2) is 0 Å². The van der Waals surface area contributed by atoms with Crippen molar-refractivity contribution in [3.63, 3.8) is 0 Å². The third kappa shape index (κ3) is 6.06. The molecule has 0 bridgehead atoms. The van der Waals surface area contributed by atoms with E-state index in [2.05, 4.69) is 20.4 Å². The van der Waals surface area contributed by atoms with Crippen molar-refractivity contribution < 1.29 is 29.3 Å². The monoisotopic (exact) mass is 524 g/mol. The van der Waals surface area contributed by atoms with Crippen LogP contribution in [0.2, 0.25) is 0 Å². The van der Waals surface area contributed by atoms with E-state index < -0.39 is 12.2 Å². The molecule has 5 rings (SSSR count). The molecule has 2 heterocycles. The van der Waals surface area contributed by atoms with Crippen LogP contribution in [0.1, 0.15) is 31.8 Å². The van der Waals surface area contributed by atoms with Gasteiger partial charge in [0.05, 0.1) is 49.8 Å². The molecule has 38 heavy (non-hydrogen) atoms. The van der Waals surface area contributed by atoms with Gasteiger partial charge in [0.2, 0.25) is 0 Å². The third-order valence-electron chi connectivity index (χ3n) is 7.28. The number of hydrogen-bond acceptors (Lipinski definition) is 10. The molecular formula is C28H36N4O6. The quantitative estimate of drug-likeness (QED) is 0.301. The van der Waals surface area contributed by atoms with Crippen LogP contribution >= 0.6 is 0 Å². The van der Waals surface area contributed by atoms with E-state index in [4.69, 9.17) is 9.47 Å². The fraction of sp³-hybridized carbons (Fsp3) is 0.500. The summed E-state index contributed by atoms with van der Waals surface area (Å²) < 4.78 is 10.7. The van der Waals surface area contributed by atoms with Crippen LogP contribution in [0.5, 0.6) is 0 Å². The Labute approximate surface area is 222 Å². The molecule has 4 N–H and O–H groups in total. The highest BCUT2D eigenvalue weighted by molar-refractivity contribution is 6.31. The molecule has 1 aliphatic carbocycles. The Morgan fingerprint density at radius 1 is 0.684 bits per heavy atom. The molecule has 0 aromatic heterocycles. The minimum atomic E-state index is -0.654. The number of hydrogen-bond donors (Lipinski definition) is 4. The summed E-state index contributed by atoms with van der Waals surface area (Å²) in [5, 5.41) is 27.7. The Bertz CT molecular complexity index is 1060. The summed E-state index contributed by atoms with van der Waals surface area (Å²) in [6, 6.07) is 10.4. The van der Waals surface area contributed by atoms with Crippen molar-refractivity contribution in [2.45, 2.75) is 12.2 Å². The summed E-state index contributed by atoms with van der Waals surface area (Å²) in [6.45, 7) is 7.15. The predicted octanol–water partition coefficient (Wildman–Crippen LogP) is 0.672. The topological polar surface area (TPSA) is 124 Å². The van der Waals surface area contributed by atoms with Gasteiger partial charge in [-0.05, 0) is 12.1 Å². The number of ketones is 2. The van der Waals surface area contributed by atoms with Crippen LogP contribution in [0.15, 0.2) is 36.4 Å². The highest BCUT2D eigenvalue weighted by Crippen LogP contribution is 2.36. The number of fused-ring (bicyclic) bond motifs is 2. The minimum absolute atomic E-state index is 0.234. The molecule has 10 nitrogen and oxygen atoms in total. The molecule has 2 saturated heterocycles. The standard InChI is InChI=1S/C28H36N4O6/c33-19(17-31-7-11-37-12-8-31)15-29-23-5-6-24(30-16-20(34)18-32-9-13-38-14-10-32)26-25(23)27(35)21-3-1-2-4-22(21)28(26)36/h1-6,19-20,29-30,33-34H,7-18H2. The number of benzene rings is 2. The zero-order chi connectivity index (χ0) is 26.5. The third-order valence-corrected chi connectivity index (χ3v) is 7.28. The zero-order valence-electron chi connectivity index (χ0n) is 21.5. The second kappa shape index (κ2) is 12.3. The minimum Gasteiger partial charge on any atom is -0.390 e. The number of aliphatic hydroxyl groups is 2. The summed E-state index contributed by atoms with van der Waals surface area (Å²) in [6.07, 6.45) is -1.31. The molecule has 10 heteroatoms. The first-order valence-electron chi connectivity index (χ1n) is 13.3. The van der Waals surface area contributed by atoms with E-state index in [0.717, 1.165) is 26.2 Å². The van der Waals surface area contributed by atoms with Crippen LogP contribution in [-0.4, -0.2) is 123 Å². The maximum absolute atomic E-state index is 13.6. The molecule has 2 unspecified atom stereocenters. The maximum Gasteiger partial charge on any atom is 0.196 e. The van der Waals surface area contributed by atoms with Gasteiger partial charge in [-0.1, -0.05) is 24.3 Å². The van der Waals surface area contributed by atoms with Gasteiger partial charge in [0, 0.05) is 74.9 Å². The number of ether oxygens (including phenoxy) is 2. The Balaban J connectivity index is 1.34. The number of nitrogens with zero attached hydrogens (tertiary/aromatic N) is 2. The van der Waals surface area contributed by atoms with Crippen LogP contribution in [0.3, 0.4) is 0 Å². The second-order valence-electron chi connectivity index (χ2n) is 10.0. The molecule has 0 spiro atoms. The van der Waals surface area contributed by atoms with E-state index in [9.17, 15) is 19.8 Å². The van der Waals surface area contributed by atoms with Crippen molar-refractivity contribution in [2.24, 2.45) is 0 Å². The first kappa shape index (κ1) is 26.7. The van der Waals surface area contributed by atoms with Gasteiger partial charge in [0.1, 0.15) is 0 Å². The van der Waals surface area contributed by atoms with Crippen LogP contribution < -0.4 is 10.6 Å². The van der Waals surface area contributed by atoms with Crippen molar-refractivity contribution in [1.29, 1.82) is 0 Å². The average molecular weight is 525 g/mol. The zero-order valence-corrected chi connectivity index (χ0v) is 21.5. The number of nitrogens with one attached hydrogen (secondary N) is 2. The Hall–Kier alpha value is -2.86. The number of anilines is 2. The largest absolute Gasteiger partial charge is 0.390 e. The number of carbonyl (C=O) groups is 2. The normalized spacial score (nSPS) is 19.9. The lowest BCUT2D eigenvalue weighted by Gasteiger charge is -2.29. The fourth-order valence-corrected chi connectivity index (χ4v) is 5.27. The predicted molar refractivity (Wildman–Crippen MR) is 143 cm³/mol. The fourth-order valence-electron chi connectivity index (χ4n) is 5.27. The van der Waals surface area contributed by atoms with E-state index in [-0.39, 0.29) is 24.7 Å². The summed E-state index contributed by atoms with van der Waals surface area (Å²) in [5.41, 5.74) is 2.33. The van der Waals surface area contributed by atoms with Crippen molar-refractivity contribution in [2.75, 3.05) is 89.4 Å². The van der Waals surface area contributed by atoms with Gasteiger partial charge in [0.25, 0.3) is 0 Å². The van der Waals surface area contributed by atoms with Gasteiger partial charge >= 0.3 is 0 Å². The van der Waals surface area contributed by atoms with Crippen LogP contribution in [0.25, 0.3) is 0 Å². The van der Waals surface area contributed by atoms with Crippen molar-refractivity contribution in [1.82, 2.24) is 9.80 Å². The van der Waals surface area contributed by atoms with E-state index >= 15 is 0 Å². The molecule has 2 aromatic rings. The van der Waals surface area contributed by atoms with Crippen LogP contribution in [-0.2, 0) is 9.47 Å². The van der Waals surface area contributed by atoms with Crippen LogP contribution in [0.4, 0.5) is 11.4 Å². The van der Waals surface area contributed by atoms with E-state index in [1.807, 2.05) is 0 Å². The van der Waals surface area contributed by atoms with E-state index in [1.54, 1.807) is 36.4 Å². The lowest BCUT2D eigenvalue weighted by Crippen LogP contribution is -2.43. The van der Waals surface area contributed by atoms with Crippen molar-refractivity contribution in [3.8, 4) is 0 Å². The Morgan fingerprint density at radius 2 is 1.08 bits per heavy atom. The summed E-state index contributed by atoms with van der Waals surface area (Å²) in [5.74, 6) is -0.476. The molecule has 3 aliphatic rings. The number of aliphatic hydroxyl groups excluding tert-OH is 2. The van der Waals surface area contributed by atoms with Gasteiger partial charge in [-0.3, -0.25) is 19.4 Å². The molecule has 2 aliphatic heterocycles. The molecule has 0 amide bonds. The number of carbonyl (C=O) groups excluding carboxylic acids is 2. The molecule has 204 valence electrons. The van der Waals surface area contributed by atoms with Crippen molar-refractivity contribution >= 4 is 22.9 Å². The van der Waals surface area contributed by atoms with Crippen molar-refractivity contribution in [3.05, 3.63) is 58.7 Å². The molecule has 0 saturated carbocycles. The van der Waals surface area contributed by atoms with Gasteiger partial charge in [-0.15, -0.1) is 0 Å². The van der Waals surface area contributed by atoms with Gasteiger partial charge < -0.3 is 30.3 Å². The smallest absolute Gasteiger partial charge is 0.196 e. The molecular weight excluding hydrogens is 488 g/mol.